The van der Waals surface area contributed by atoms with Gasteiger partial charge in [0, 0.05) is 25.4 Å². The number of aliphatic hydroxyl groups is 1. The highest BCUT2D eigenvalue weighted by atomic mass is 35.5. The summed E-state index contributed by atoms with van der Waals surface area (Å²) in [6.45, 7) is 1.30. The second-order valence-corrected chi connectivity index (χ2v) is 5.08. The van der Waals surface area contributed by atoms with Crippen LogP contribution in [-0.4, -0.2) is 39.7 Å². The van der Waals surface area contributed by atoms with E-state index >= 15 is 0 Å². The molecule has 0 aliphatic carbocycles. The molecule has 2 aliphatic heterocycles. The Hall–Kier alpha value is -1.59. The van der Waals surface area contributed by atoms with E-state index in [0.29, 0.717) is 24.7 Å². The van der Waals surface area contributed by atoms with Crippen molar-refractivity contribution in [3.63, 3.8) is 0 Å². The van der Waals surface area contributed by atoms with Crippen LogP contribution in [0, 0.1) is 0 Å². The molecule has 6 heteroatoms. The Kier molecular flexibility index (Phi) is 3.16. The summed E-state index contributed by atoms with van der Waals surface area (Å²) < 4.78 is 5.10. The van der Waals surface area contributed by atoms with Gasteiger partial charge in [-0.25, -0.2) is 9.78 Å². The fourth-order valence-electron chi connectivity index (χ4n) is 2.43. The molecule has 1 fully saturated rings. The highest BCUT2D eigenvalue weighted by molar-refractivity contribution is 6.29. The average molecular weight is 281 g/mol. The van der Waals surface area contributed by atoms with E-state index in [1.807, 2.05) is 11.0 Å². The molecule has 3 heterocycles. The number of hydrogen-bond donors (Lipinski definition) is 1. The number of aliphatic hydroxyl groups excluding tert-OH is 1. The van der Waals surface area contributed by atoms with Gasteiger partial charge in [-0.3, -0.25) is 0 Å². The molecule has 5 nitrogen and oxygen atoms in total. The summed E-state index contributed by atoms with van der Waals surface area (Å²) in [6.07, 6.45) is 2.60. The van der Waals surface area contributed by atoms with E-state index < -0.39 is 12.2 Å². The van der Waals surface area contributed by atoms with E-state index in [2.05, 4.69) is 4.98 Å². The normalized spacial score (nSPS) is 25.9. The van der Waals surface area contributed by atoms with Crippen LogP contribution in [0.4, 0.5) is 0 Å². The number of rotatable bonds is 2. The summed E-state index contributed by atoms with van der Waals surface area (Å²) in [5, 5.41) is 10.3. The first kappa shape index (κ1) is 12.4. The van der Waals surface area contributed by atoms with Crippen molar-refractivity contribution in [1.29, 1.82) is 0 Å². The van der Waals surface area contributed by atoms with Gasteiger partial charge in [-0.2, -0.15) is 0 Å². The molecule has 19 heavy (non-hydrogen) atoms. The van der Waals surface area contributed by atoms with Crippen molar-refractivity contribution in [2.24, 2.45) is 0 Å². The molecule has 0 aromatic carbocycles. The van der Waals surface area contributed by atoms with Gasteiger partial charge in [-0.1, -0.05) is 17.7 Å². The minimum absolute atomic E-state index is 0.389. The molecule has 0 saturated carbocycles. The fraction of sp³-hybridized carbons (Fsp3) is 0.385. The smallest absolute Gasteiger partial charge is 0.333 e. The van der Waals surface area contributed by atoms with E-state index in [1.165, 1.54) is 6.08 Å². The third-order valence-electron chi connectivity index (χ3n) is 3.37. The lowest BCUT2D eigenvalue weighted by molar-refractivity contribution is -0.145. The van der Waals surface area contributed by atoms with Gasteiger partial charge in [-0.05, 0) is 18.1 Å². The zero-order chi connectivity index (χ0) is 13.4. The summed E-state index contributed by atoms with van der Waals surface area (Å²) in [5.74, 6) is -0.389. The van der Waals surface area contributed by atoms with Gasteiger partial charge in [0.1, 0.15) is 5.15 Å². The van der Waals surface area contributed by atoms with Gasteiger partial charge in [0.05, 0.1) is 11.8 Å². The Bertz CT molecular complexity index is 529. The maximum absolute atomic E-state index is 11.3. The standard InChI is InChI=1S/C13H13ClN2O3/c14-11-2-1-8(6-15-11)7-16-4-3-10(17)13-9(16)5-12(18)19-13/h1-2,5-6,10,13,17H,3-4,7H2. The predicted molar refractivity (Wildman–Crippen MR) is 68.2 cm³/mol. The molecule has 2 aliphatic rings. The van der Waals surface area contributed by atoms with Crippen LogP contribution in [-0.2, 0) is 16.1 Å². The Morgan fingerprint density at radius 2 is 2.37 bits per heavy atom. The van der Waals surface area contributed by atoms with Crippen LogP contribution in [0.5, 0.6) is 0 Å². The third kappa shape index (κ3) is 2.43. The maximum atomic E-state index is 11.3. The van der Waals surface area contributed by atoms with Crippen molar-refractivity contribution >= 4 is 17.6 Å². The zero-order valence-corrected chi connectivity index (χ0v) is 10.9. The van der Waals surface area contributed by atoms with Gasteiger partial charge < -0.3 is 14.7 Å². The number of piperidine rings is 1. The highest BCUT2D eigenvalue weighted by Gasteiger charge is 2.39. The Labute approximate surface area is 115 Å². The van der Waals surface area contributed by atoms with Crippen LogP contribution in [0.1, 0.15) is 12.0 Å². The number of likely N-dealkylation sites (tertiary alicyclic amines) is 1. The van der Waals surface area contributed by atoms with E-state index in [0.717, 1.165) is 11.3 Å². The average Bonchev–Trinajstić information content (AvgIpc) is 2.78. The lowest BCUT2D eigenvalue weighted by Crippen LogP contribution is -2.43. The first-order valence-corrected chi connectivity index (χ1v) is 6.47. The van der Waals surface area contributed by atoms with Gasteiger partial charge in [0.2, 0.25) is 0 Å². The number of halogens is 1. The van der Waals surface area contributed by atoms with E-state index in [1.54, 1.807) is 12.3 Å². The SMILES string of the molecule is O=C1C=C2C(O1)C(O)CCN2Cc1ccc(Cl)nc1. The van der Waals surface area contributed by atoms with Gasteiger partial charge in [-0.15, -0.1) is 0 Å². The molecule has 3 rings (SSSR count). The van der Waals surface area contributed by atoms with Crippen molar-refractivity contribution in [3.05, 3.63) is 40.8 Å². The quantitative estimate of drug-likeness (QED) is 0.649. The first-order chi connectivity index (χ1) is 9.13. The zero-order valence-electron chi connectivity index (χ0n) is 10.1. The lowest BCUT2D eigenvalue weighted by atomic mass is 10.0. The van der Waals surface area contributed by atoms with Crippen molar-refractivity contribution in [2.75, 3.05) is 6.54 Å². The molecule has 0 amide bonds. The van der Waals surface area contributed by atoms with Crippen LogP contribution in [0.3, 0.4) is 0 Å². The largest absolute Gasteiger partial charge is 0.450 e. The minimum Gasteiger partial charge on any atom is -0.450 e. The summed E-state index contributed by atoms with van der Waals surface area (Å²) in [4.78, 5) is 17.4. The number of hydrogen-bond acceptors (Lipinski definition) is 5. The minimum atomic E-state index is -0.614. The summed E-state index contributed by atoms with van der Waals surface area (Å²) in [6, 6.07) is 3.63. The summed E-state index contributed by atoms with van der Waals surface area (Å²) in [5.41, 5.74) is 1.75. The molecule has 2 unspecified atom stereocenters. The molecule has 1 aromatic heterocycles. The molecule has 1 saturated heterocycles. The Balaban J connectivity index is 1.79. The molecular weight excluding hydrogens is 268 g/mol. The van der Waals surface area contributed by atoms with Crippen LogP contribution in [0.25, 0.3) is 0 Å². The predicted octanol–water partition coefficient (Wildman–Crippen LogP) is 1.11. The molecule has 1 aromatic rings. The molecule has 0 bridgehead atoms. The number of esters is 1. The number of fused-ring (bicyclic) bond motifs is 1. The number of carbonyl (C=O) groups excluding carboxylic acids is 1. The topological polar surface area (TPSA) is 62.7 Å². The van der Waals surface area contributed by atoms with Crippen molar-refractivity contribution in [2.45, 2.75) is 25.2 Å². The van der Waals surface area contributed by atoms with Crippen molar-refractivity contribution < 1.29 is 14.6 Å². The molecule has 100 valence electrons. The van der Waals surface area contributed by atoms with Crippen LogP contribution in [0.2, 0.25) is 5.15 Å². The lowest BCUT2D eigenvalue weighted by Gasteiger charge is -2.36. The monoisotopic (exact) mass is 280 g/mol. The maximum Gasteiger partial charge on any atom is 0.333 e. The number of pyridine rings is 1. The molecular formula is C13H13ClN2O3. The third-order valence-corrected chi connectivity index (χ3v) is 3.60. The second kappa shape index (κ2) is 4.83. The van der Waals surface area contributed by atoms with Gasteiger partial charge in [0.25, 0.3) is 0 Å². The fourth-order valence-corrected chi connectivity index (χ4v) is 2.54. The van der Waals surface area contributed by atoms with Crippen LogP contribution >= 0.6 is 11.6 Å². The van der Waals surface area contributed by atoms with Crippen LogP contribution in [0.15, 0.2) is 30.1 Å². The number of nitrogens with zero attached hydrogens (tertiary/aromatic N) is 2. The van der Waals surface area contributed by atoms with E-state index in [4.69, 9.17) is 16.3 Å². The number of carbonyl (C=O) groups is 1. The van der Waals surface area contributed by atoms with Gasteiger partial charge in [0.15, 0.2) is 6.10 Å². The number of aromatic nitrogens is 1. The highest BCUT2D eigenvalue weighted by Crippen LogP contribution is 2.30. The summed E-state index contributed by atoms with van der Waals surface area (Å²) in [7, 11) is 0. The van der Waals surface area contributed by atoms with Gasteiger partial charge >= 0.3 is 5.97 Å². The molecule has 1 N–H and O–H groups in total. The van der Waals surface area contributed by atoms with E-state index in [-0.39, 0.29) is 5.97 Å². The summed E-state index contributed by atoms with van der Waals surface area (Å²) >= 11 is 5.75. The Morgan fingerprint density at radius 1 is 1.53 bits per heavy atom. The number of ether oxygens (including phenoxy) is 1. The van der Waals surface area contributed by atoms with Crippen LogP contribution < -0.4 is 0 Å². The first-order valence-electron chi connectivity index (χ1n) is 6.09. The van der Waals surface area contributed by atoms with Crippen molar-refractivity contribution in [1.82, 2.24) is 9.88 Å². The second-order valence-electron chi connectivity index (χ2n) is 4.69. The van der Waals surface area contributed by atoms with E-state index in [9.17, 15) is 9.90 Å². The van der Waals surface area contributed by atoms with Crippen molar-refractivity contribution in [3.8, 4) is 0 Å². The molecule has 2 atom stereocenters. The molecule has 0 spiro atoms. The molecule has 0 radical (unpaired) electrons. The Morgan fingerprint density at radius 3 is 3.11 bits per heavy atom.